The Hall–Kier alpha value is -3.88. The summed E-state index contributed by atoms with van der Waals surface area (Å²) in [5.41, 5.74) is 0.136. The lowest BCUT2D eigenvalue weighted by Gasteiger charge is -2.17. The number of carboxylic acids is 1. The van der Waals surface area contributed by atoms with Crippen molar-refractivity contribution in [2.75, 3.05) is 0 Å². The summed E-state index contributed by atoms with van der Waals surface area (Å²) in [7, 11) is 0. The monoisotopic (exact) mass is 459 g/mol. The van der Waals surface area contributed by atoms with E-state index in [1.54, 1.807) is 38.1 Å². The highest BCUT2D eigenvalue weighted by atomic mass is 19.3. The van der Waals surface area contributed by atoms with Gasteiger partial charge in [-0.05, 0) is 31.5 Å². The van der Waals surface area contributed by atoms with Crippen LogP contribution in [0, 0.1) is 5.82 Å². The third-order valence-electron chi connectivity index (χ3n) is 5.08. The van der Waals surface area contributed by atoms with Crippen LogP contribution < -0.4 is 9.47 Å². The van der Waals surface area contributed by atoms with Gasteiger partial charge in [0.2, 0.25) is 5.88 Å². The summed E-state index contributed by atoms with van der Waals surface area (Å²) < 4.78 is 53.1. The molecule has 9 heteroatoms. The molecule has 0 aliphatic rings. The van der Waals surface area contributed by atoms with Crippen LogP contribution in [0.25, 0.3) is 27.2 Å². The summed E-state index contributed by atoms with van der Waals surface area (Å²) in [5.74, 6) is -2.29. The predicted molar refractivity (Wildman–Crippen MR) is 116 cm³/mol. The molecule has 0 bridgehead atoms. The van der Waals surface area contributed by atoms with Crippen molar-refractivity contribution in [3.8, 4) is 23.1 Å². The smallest absolute Gasteiger partial charge is 0.387 e. The first-order chi connectivity index (χ1) is 15.7. The van der Waals surface area contributed by atoms with Gasteiger partial charge in [0.05, 0.1) is 29.0 Å². The molecular formula is C24H20F3NO5. The largest absolute Gasteiger partial charge is 0.494 e. The zero-order chi connectivity index (χ0) is 23.9. The van der Waals surface area contributed by atoms with Crippen LogP contribution >= 0.6 is 0 Å². The Bertz CT molecular complexity index is 1360. The van der Waals surface area contributed by atoms with Gasteiger partial charge in [-0.25, -0.2) is 4.39 Å². The van der Waals surface area contributed by atoms with Crippen LogP contribution in [0.15, 0.2) is 48.7 Å². The Balaban J connectivity index is 2.03. The number of aromatic hydroxyl groups is 1. The predicted octanol–water partition coefficient (Wildman–Crippen LogP) is 5.64. The second-order valence-electron chi connectivity index (χ2n) is 7.71. The molecule has 2 N–H and O–H groups in total. The molecule has 1 aromatic heterocycles. The lowest BCUT2D eigenvalue weighted by Crippen LogP contribution is -2.07. The number of fused-ring (bicyclic) bond motifs is 2. The van der Waals surface area contributed by atoms with Crippen LogP contribution in [0.5, 0.6) is 17.4 Å². The number of nitrogens with zero attached hydrogens (tertiary/aromatic N) is 1. The van der Waals surface area contributed by atoms with E-state index in [1.807, 2.05) is 0 Å². The maximum atomic E-state index is 14.5. The number of aliphatic carboxylic acids is 1. The van der Waals surface area contributed by atoms with Crippen molar-refractivity contribution < 1.29 is 37.7 Å². The molecule has 0 fully saturated rings. The van der Waals surface area contributed by atoms with Gasteiger partial charge in [0, 0.05) is 17.0 Å². The third-order valence-corrected chi connectivity index (χ3v) is 5.08. The highest BCUT2D eigenvalue weighted by Gasteiger charge is 2.25. The standard InChI is InChI=1S/C24H20F3NO5/c1-12(2)32-21-15-5-3-4-6-16(15)22(33-24(26)27)20-17(21)11-28(23(20)31)14-8-7-13(9-19(29)30)18(25)10-14/h3-8,10-12,24,31H,9H2,1-2H3,(H,29,30). The van der Waals surface area contributed by atoms with Crippen molar-refractivity contribution in [2.45, 2.75) is 33.0 Å². The average Bonchev–Trinajstić information content (AvgIpc) is 3.08. The summed E-state index contributed by atoms with van der Waals surface area (Å²) in [6.45, 7) is 0.457. The molecular weight excluding hydrogens is 439 g/mol. The van der Waals surface area contributed by atoms with E-state index in [1.165, 1.54) is 22.9 Å². The van der Waals surface area contributed by atoms with E-state index >= 15 is 0 Å². The van der Waals surface area contributed by atoms with Gasteiger partial charge < -0.3 is 19.7 Å². The minimum absolute atomic E-state index is 0.0142. The average molecular weight is 459 g/mol. The molecule has 0 spiro atoms. The van der Waals surface area contributed by atoms with E-state index in [0.717, 1.165) is 6.07 Å². The van der Waals surface area contributed by atoms with Gasteiger partial charge in [-0.2, -0.15) is 8.78 Å². The van der Waals surface area contributed by atoms with Gasteiger partial charge in [-0.15, -0.1) is 0 Å². The van der Waals surface area contributed by atoms with E-state index in [4.69, 9.17) is 14.6 Å². The SMILES string of the molecule is CC(C)Oc1c2ccccc2c(OC(F)F)c2c(O)n(-c3ccc(CC(=O)O)c(F)c3)cc12. The third kappa shape index (κ3) is 4.13. The van der Waals surface area contributed by atoms with Gasteiger partial charge in [0.25, 0.3) is 0 Å². The molecule has 1 heterocycles. The van der Waals surface area contributed by atoms with Gasteiger partial charge >= 0.3 is 12.6 Å². The fourth-order valence-electron chi connectivity index (χ4n) is 3.81. The molecule has 172 valence electrons. The fraction of sp³-hybridized carbons (Fsp3) is 0.208. The van der Waals surface area contributed by atoms with Crippen LogP contribution in [0.3, 0.4) is 0 Å². The highest BCUT2D eigenvalue weighted by molar-refractivity contribution is 6.13. The van der Waals surface area contributed by atoms with Crippen LogP contribution in [0.2, 0.25) is 0 Å². The van der Waals surface area contributed by atoms with E-state index in [2.05, 4.69) is 0 Å². The number of aromatic nitrogens is 1. The molecule has 0 saturated carbocycles. The van der Waals surface area contributed by atoms with Gasteiger partial charge in [0.15, 0.2) is 0 Å². The maximum Gasteiger partial charge on any atom is 0.387 e. The number of carbonyl (C=O) groups is 1. The summed E-state index contributed by atoms with van der Waals surface area (Å²) in [6.07, 6.45) is 0.672. The van der Waals surface area contributed by atoms with Crippen molar-refractivity contribution in [2.24, 2.45) is 0 Å². The topological polar surface area (TPSA) is 80.9 Å². The minimum Gasteiger partial charge on any atom is -0.494 e. The molecule has 0 atom stereocenters. The molecule has 4 aromatic rings. The first-order valence-electron chi connectivity index (χ1n) is 10.1. The Morgan fingerprint density at radius 3 is 2.27 bits per heavy atom. The number of hydrogen-bond donors (Lipinski definition) is 2. The Morgan fingerprint density at radius 2 is 1.70 bits per heavy atom. The van der Waals surface area contributed by atoms with Crippen molar-refractivity contribution in [3.05, 3.63) is 60.0 Å². The molecule has 33 heavy (non-hydrogen) atoms. The number of hydrogen-bond acceptors (Lipinski definition) is 4. The van der Waals surface area contributed by atoms with Crippen molar-refractivity contribution in [3.63, 3.8) is 0 Å². The summed E-state index contributed by atoms with van der Waals surface area (Å²) >= 11 is 0. The van der Waals surface area contributed by atoms with Crippen molar-refractivity contribution in [1.29, 1.82) is 0 Å². The Labute approximate surface area is 186 Å². The van der Waals surface area contributed by atoms with Crippen molar-refractivity contribution in [1.82, 2.24) is 4.57 Å². The number of carboxylic acid groups (broad SMARTS) is 1. The minimum atomic E-state index is -3.15. The Kier molecular flexibility index (Phi) is 5.80. The van der Waals surface area contributed by atoms with Crippen LogP contribution in [0.4, 0.5) is 13.2 Å². The molecule has 0 radical (unpaired) electrons. The zero-order valence-corrected chi connectivity index (χ0v) is 17.7. The van der Waals surface area contributed by atoms with Crippen LogP contribution in [-0.2, 0) is 11.2 Å². The van der Waals surface area contributed by atoms with E-state index in [9.17, 15) is 23.1 Å². The number of benzene rings is 3. The second-order valence-corrected chi connectivity index (χ2v) is 7.71. The first kappa shape index (κ1) is 22.3. The van der Waals surface area contributed by atoms with Crippen LogP contribution in [0.1, 0.15) is 19.4 Å². The fourth-order valence-corrected chi connectivity index (χ4v) is 3.81. The molecule has 4 rings (SSSR count). The van der Waals surface area contributed by atoms with Gasteiger partial charge in [-0.3, -0.25) is 9.36 Å². The summed E-state index contributed by atoms with van der Waals surface area (Å²) in [5, 5.41) is 21.0. The lowest BCUT2D eigenvalue weighted by atomic mass is 10.0. The molecule has 0 unspecified atom stereocenters. The maximum absolute atomic E-state index is 14.5. The van der Waals surface area contributed by atoms with Gasteiger partial charge in [0.1, 0.15) is 17.3 Å². The van der Waals surface area contributed by atoms with E-state index < -0.39 is 30.7 Å². The lowest BCUT2D eigenvalue weighted by molar-refractivity contribution is -0.136. The summed E-state index contributed by atoms with van der Waals surface area (Å²) in [4.78, 5) is 10.9. The number of halogens is 3. The zero-order valence-electron chi connectivity index (χ0n) is 17.7. The molecule has 0 aliphatic carbocycles. The van der Waals surface area contributed by atoms with E-state index in [0.29, 0.717) is 21.9 Å². The second kappa shape index (κ2) is 8.57. The highest BCUT2D eigenvalue weighted by Crippen LogP contribution is 2.48. The van der Waals surface area contributed by atoms with E-state index in [-0.39, 0.29) is 28.5 Å². The van der Waals surface area contributed by atoms with Crippen LogP contribution in [-0.4, -0.2) is 33.5 Å². The molecule has 0 saturated heterocycles. The number of alkyl halides is 2. The molecule has 0 aliphatic heterocycles. The van der Waals surface area contributed by atoms with Crippen molar-refractivity contribution >= 4 is 27.5 Å². The molecule has 0 amide bonds. The molecule has 3 aromatic carbocycles. The number of ether oxygens (including phenoxy) is 2. The first-order valence-corrected chi connectivity index (χ1v) is 10.1. The van der Waals surface area contributed by atoms with Gasteiger partial charge in [-0.1, -0.05) is 30.3 Å². The normalized spacial score (nSPS) is 11.6. The summed E-state index contributed by atoms with van der Waals surface area (Å²) in [6, 6.07) is 10.4. The quantitative estimate of drug-likeness (QED) is 0.374. The molecule has 6 nitrogen and oxygen atoms in total. The number of rotatable bonds is 7. The Morgan fingerprint density at radius 1 is 1.03 bits per heavy atom.